The molecule has 1 unspecified atom stereocenters. The molecule has 88 valence electrons. The molecule has 0 aliphatic heterocycles. The van der Waals surface area contributed by atoms with E-state index in [1.165, 1.54) is 0 Å². The van der Waals surface area contributed by atoms with Gasteiger partial charge in [-0.05, 0) is 35.6 Å². The Balaban J connectivity index is 2.22. The van der Waals surface area contributed by atoms with Crippen LogP contribution in [0.4, 0.5) is 5.69 Å². The van der Waals surface area contributed by atoms with Crippen molar-refractivity contribution in [2.24, 2.45) is 5.73 Å². The van der Waals surface area contributed by atoms with E-state index >= 15 is 0 Å². The summed E-state index contributed by atoms with van der Waals surface area (Å²) in [5.74, 6) is -0.563. The lowest BCUT2D eigenvalue weighted by Gasteiger charge is -2.11. The summed E-state index contributed by atoms with van der Waals surface area (Å²) in [4.78, 5) is 12.5. The molecule has 0 radical (unpaired) electrons. The molecule has 2 aromatic rings. The average molecular weight is 246 g/mol. The van der Waals surface area contributed by atoms with Crippen LogP contribution in [0, 0.1) is 0 Å². The first kappa shape index (κ1) is 11.7. The van der Waals surface area contributed by atoms with Crippen molar-refractivity contribution in [2.45, 2.75) is 12.3 Å². The molecule has 0 aliphatic rings. The summed E-state index contributed by atoms with van der Waals surface area (Å²) in [6.07, 6.45) is 0.598. The zero-order chi connectivity index (χ0) is 12.3. The van der Waals surface area contributed by atoms with Crippen LogP contribution in [0.3, 0.4) is 0 Å². The molecular formula is C13H14N2OS. The number of nitrogens with two attached hydrogens (primary N) is 2. The van der Waals surface area contributed by atoms with E-state index < -0.39 is 0 Å². The Hall–Kier alpha value is -1.81. The highest BCUT2D eigenvalue weighted by Gasteiger charge is 2.19. The smallest absolute Gasteiger partial charge is 0.226 e. The third-order valence-corrected chi connectivity index (χ3v) is 3.61. The van der Waals surface area contributed by atoms with Gasteiger partial charge in [0.2, 0.25) is 5.91 Å². The van der Waals surface area contributed by atoms with Crippen molar-refractivity contribution in [3.8, 4) is 0 Å². The van der Waals surface area contributed by atoms with Gasteiger partial charge in [0, 0.05) is 10.6 Å². The van der Waals surface area contributed by atoms with Crippen LogP contribution in [0.1, 0.15) is 16.4 Å². The van der Waals surface area contributed by atoms with Gasteiger partial charge in [0.15, 0.2) is 0 Å². The second-order valence-corrected chi connectivity index (χ2v) is 4.90. The minimum absolute atomic E-state index is 0.267. The number of carbonyl (C=O) groups is 1. The summed E-state index contributed by atoms with van der Waals surface area (Å²) in [7, 11) is 0. The van der Waals surface area contributed by atoms with Gasteiger partial charge in [-0.2, -0.15) is 0 Å². The number of hydrogen-bond acceptors (Lipinski definition) is 3. The van der Waals surface area contributed by atoms with Crippen LogP contribution in [0.5, 0.6) is 0 Å². The highest BCUT2D eigenvalue weighted by Crippen LogP contribution is 2.25. The molecule has 1 amide bonds. The number of thiophene rings is 1. The number of anilines is 1. The van der Waals surface area contributed by atoms with Crippen LogP contribution in [-0.4, -0.2) is 5.91 Å². The first-order chi connectivity index (χ1) is 8.16. The van der Waals surface area contributed by atoms with Crippen LogP contribution < -0.4 is 11.5 Å². The second kappa shape index (κ2) is 5.01. The molecule has 0 fully saturated rings. The molecule has 0 saturated carbocycles. The van der Waals surface area contributed by atoms with Gasteiger partial charge in [0.1, 0.15) is 0 Å². The summed E-state index contributed by atoms with van der Waals surface area (Å²) in [5.41, 5.74) is 12.9. The molecule has 4 N–H and O–H groups in total. The van der Waals surface area contributed by atoms with Crippen LogP contribution in [0.15, 0.2) is 41.8 Å². The number of hydrogen-bond donors (Lipinski definition) is 2. The predicted octanol–water partition coefficient (Wildman–Crippen LogP) is 2.14. The third kappa shape index (κ3) is 2.85. The zero-order valence-electron chi connectivity index (χ0n) is 9.30. The number of primary amides is 1. The highest BCUT2D eigenvalue weighted by atomic mass is 32.1. The molecule has 0 spiro atoms. The van der Waals surface area contributed by atoms with Gasteiger partial charge in [-0.1, -0.05) is 18.2 Å². The molecule has 1 heterocycles. The third-order valence-electron chi connectivity index (χ3n) is 2.62. The molecular weight excluding hydrogens is 232 g/mol. The first-order valence-electron chi connectivity index (χ1n) is 5.34. The van der Waals surface area contributed by atoms with E-state index in [1.54, 1.807) is 11.3 Å². The first-order valence-corrected chi connectivity index (χ1v) is 6.22. The van der Waals surface area contributed by atoms with Crippen molar-refractivity contribution >= 4 is 22.9 Å². The van der Waals surface area contributed by atoms with Crippen LogP contribution >= 0.6 is 11.3 Å². The molecule has 0 aliphatic carbocycles. The van der Waals surface area contributed by atoms with E-state index in [4.69, 9.17) is 11.5 Å². The lowest BCUT2D eigenvalue weighted by Crippen LogP contribution is -2.22. The minimum atomic E-state index is -0.296. The Morgan fingerprint density at radius 1 is 1.29 bits per heavy atom. The summed E-state index contributed by atoms with van der Waals surface area (Å²) in [6.45, 7) is 0. The Kier molecular flexibility index (Phi) is 3.44. The maximum Gasteiger partial charge on any atom is 0.226 e. The molecule has 4 heteroatoms. The number of nitrogen functional groups attached to an aromatic ring is 1. The van der Waals surface area contributed by atoms with E-state index in [2.05, 4.69) is 0 Å². The maximum absolute atomic E-state index is 11.5. The lowest BCUT2D eigenvalue weighted by atomic mass is 9.97. The molecule has 0 bridgehead atoms. The van der Waals surface area contributed by atoms with Crippen molar-refractivity contribution in [1.82, 2.24) is 0 Å². The number of rotatable bonds is 4. The molecule has 1 aromatic heterocycles. The highest BCUT2D eigenvalue weighted by molar-refractivity contribution is 7.10. The van der Waals surface area contributed by atoms with Crippen molar-refractivity contribution in [1.29, 1.82) is 0 Å². The van der Waals surface area contributed by atoms with Crippen LogP contribution in [0.2, 0.25) is 0 Å². The second-order valence-electron chi connectivity index (χ2n) is 3.92. The van der Waals surface area contributed by atoms with Crippen molar-refractivity contribution < 1.29 is 4.79 Å². The molecule has 3 nitrogen and oxygen atoms in total. The number of benzene rings is 1. The SMILES string of the molecule is NC(=O)C(Cc1cccc(N)c1)c1cccs1. The van der Waals surface area contributed by atoms with Gasteiger partial charge in [-0.15, -0.1) is 11.3 Å². The van der Waals surface area contributed by atoms with E-state index in [-0.39, 0.29) is 11.8 Å². The lowest BCUT2D eigenvalue weighted by molar-refractivity contribution is -0.119. The zero-order valence-corrected chi connectivity index (χ0v) is 10.1. The monoisotopic (exact) mass is 246 g/mol. The fourth-order valence-electron chi connectivity index (χ4n) is 1.79. The van der Waals surface area contributed by atoms with Gasteiger partial charge < -0.3 is 11.5 Å². The molecule has 17 heavy (non-hydrogen) atoms. The maximum atomic E-state index is 11.5. The van der Waals surface area contributed by atoms with E-state index in [1.807, 2.05) is 41.8 Å². The van der Waals surface area contributed by atoms with E-state index in [9.17, 15) is 4.79 Å². The topological polar surface area (TPSA) is 69.1 Å². The summed E-state index contributed by atoms with van der Waals surface area (Å²) >= 11 is 1.55. The van der Waals surface area contributed by atoms with E-state index in [0.717, 1.165) is 10.4 Å². The Bertz CT molecular complexity index is 508. The van der Waals surface area contributed by atoms with Crippen LogP contribution in [0.25, 0.3) is 0 Å². The van der Waals surface area contributed by atoms with Gasteiger partial charge in [0.25, 0.3) is 0 Å². The summed E-state index contributed by atoms with van der Waals surface area (Å²) in [5, 5.41) is 1.95. The van der Waals surface area contributed by atoms with E-state index in [0.29, 0.717) is 12.1 Å². The van der Waals surface area contributed by atoms with Crippen LogP contribution in [-0.2, 0) is 11.2 Å². The average Bonchev–Trinajstić information content (AvgIpc) is 2.78. The summed E-state index contributed by atoms with van der Waals surface area (Å²) in [6, 6.07) is 11.4. The van der Waals surface area contributed by atoms with Crippen molar-refractivity contribution in [3.63, 3.8) is 0 Å². The number of carbonyl (C=O) groups excluding carboxylic acids is 1. The summed E-state index contributed by atoms with van der Waals surface area (Å²) < 4.78 is 0. The van der Waals surface area contributed by atoms with Crippen molar-refractivity contribution in [2.75, 3.05) is 5.73 Å². The predicted molar refractivity (Wildman–Crippen MR) is 70.8 cm³/mol. The largest absolute Gasteiger partial charge is 0.399 e. The van der Waals surface area contributed by atoms with Gasteiger partial charge >= 0.3 is 0 Å². The molecule has 1 atom stereocenters. The normalized spacial score (nSPS) is 12.2. The molecule has 0 saturated heterocycles. The standard InChI is InChI=1S/C13H14N2OS/c14-10-4-1-3-9(7-10)8-11(13(15)16)12-5-2-6-17-12/h1-7,11H,8,14H2,(H2,15,16). The van der Waals surface area contributed by atoms with Gasteiger partial charge in [-0.3, -0.25) is 4.79 Å². The van der Waals surface area contributed by atoms with Gasteiger partial charge in [0.05, 0.1) is 5.92 Å². The Morgan fingerprint density at radius 2 is 2.12 bits per heavy atom. The number of amides is 1. The molecule has 1 aromatic carbocycles. The fourth-order valence-corrected chi connectivity index (χ4v) is 2.62. The Labute approximate surface area is 104 Å². The van der Waals surface area contributed by atoms with Crippen molar-refractivity contribution in [3.05, 3.63) is 52.2 Å². The quantitative estimate of drug-likeness (QED) is 0.811. The molecule has 2 rings (SSSR count). The fraction of sp³-hybridized carbons (Fsp3) is 0.154. The Morgan fingerprint density at radius 3 is 2.71 bits per heavy atom. The van der Waals surface area contributed by atoms with Gasteiger partial charge in [-0.25, -0.2) is 0 Å². The minimum Gasteiger partial charge on any atom is -0.399 e.